The van der Waals surface area contributed by atoms with E-state index in [9.17, 15) is 23.3 Å². The molecule has 1 aliphatic rings. The third-order valence-electron chi connectivity index (χ3n) is 4.70. The lowest BCUT2D eigenvalue weighted by Gasteiger charge is -2.32. The molecule has 10 heteroatoms. The molecular weight excluding hydrogens is 412 g/mol. The van der Waals surface area contributed by atoms with Crippen molar-refractivity contribution in [3.05, 3.63) is 70.3 Å². The van der Waals surface area contributed by atoms with Gasteiger partial charge in [-0.15, -0.1) is 0 Å². The predicted octanol–water partition coefficient (Wildman–Crippen LogP) is 2.70. The van der Waals surface area contributed by atoms with Gasteiger partial charge in [0.05, 0.1) is 25.2 Å². The molecule has 1 amide bonds. The molecule has 0 aromatic heterocycles. The molecule has 9 nitrogen and oxygen atoms in total. The van der Waals surface area contributed by atoms with Crippen LogP contribution in [-0.4, -0.2) is 43.8 Å². The molecule has 3 rings (SSSR count). The lowest BCUT2D eigenvalue weighted by molar-refractivity contribution is -0.387. The van der Waals surface area contributed by atoms with E-state index in [0.29, 0.717) is 17.1 Å². The highest BCUT2D eigenvalue weighted by atomic mass is 32.2. The van der Waals surface area contributed by atoms with Gasteiger partial charge in [0.1, 0.15) is 11.5 Å². The normalized spacial score (nSPS) is 16.4. The van der Waals surface area contributed by atoms with E-state index < -0.39 is 37.5 Å². The maximum Gasteiger partial charge on any atom is 0.289 e. The van der Waals surface area contributed by atoms with Crippen molar-refractivity contribution in [1.82, 2.24) is 4.31 Å². The van der Waals surface area contributed by atoms with Crippen molar-refractivity contribution in [2.75, 3.05) is 14.2 Å². The number of para-hydroxylation sites is 1. The number of ether oxygens (including phenoxy) is 2. The first-order valence-electron chi connectivity index (χ1n) is 8.98. The van der Waals surface area contributed by atoms with Gasteiger partial charge in [0.2, 0.25) is 0 Å². The van der Waals surface area contributed by atoms with E-state index in [1.54, 1.807) is 24.3 Å². The minimum absolute atomic E-state index is 0.184. The molecule has 0 spiro atoms. The zero-order valence-corrected chi connectivity index (χ0v) is 17.2. The van der Waals surface area contributed by atoms with Crippen LogP contribution in [0, 0.1) is 10.1 Å². The van der Waals surface area contributed by atoms with Crippen LogP contribution in [0.15, 0.2) is 59.5 Å². The van der Waals surface area contributed by atoms with Gasteiger partial charge < -0.3 is 9.47 Å². The van der Waals surface area contributed by atoms with E-state index in [-0.39, 0.29) is 12.8 Å². The second-order valence-corrected chi connectivity index (χ2v) is 8.36. The van der Waals surface area contributed by atoms with Crippen molar-refractivity contribution >= 4 is 21.6 Å². The van der Waals surface area contributed by atoms with Crippen LogP contribution in [0.5, 0.6) is 11.5 Å². The van der Waals surface area contributed by atoms with Gasteiger partial charge in [0.15, 0.2) is 4.90 Å². The highest BCUT2D eigenvalue weighted by Crippen LogP contribution is 2.32. The smallest absolute Gasteiger partial charge is 0.289 e. The minimum Gasteiger partial charge on any atom is -0.497 e. The summed E-state index contributed by atoms with van der Waals surface area (Å²) in [6.45, 7) is 0. The first-order chi connectivity index (χ1) is 14.3. The number of nitrogens with zero attached hydrogens (tertiary/aromatic N) is 2. The molecule has 1 heterocycles. The Bertz CT molecular complexity index is 1090. The number of rotatable bonds is 7. The van der Waals surface area contributed by atoms with Gasteiger partial charge >= 0.3 is 0 Å². The van der Waals surface area contributed by atoms with Crippen LogP contribution in [0.1, 0.15) is 12.0 Å². The average Bonchev–Trinajstić information content (AvgIpc) is 2.73. The molecule has 2 aromatic rings. The molecule has 0 saturated carbocycles. The zero-order valence-electron chi connectivity index (χ0n) is 16.3. The van der Waals surface area contributed by atoms with Gasteiger partial charge in [-0.05, 0) is 36.6 Å². The maximum absolute atomic E-state index is 13.3. The number of carbonyl (C=O) groups is 1. The maximum atomic E-state index is 13.3. The molecule has 0 saturated heterocycles. The first-order valence-corrected chi connectivity index (χ1v) is 10.4. The molecule has 1 atom stereocenters. The van der Waals surface area contributed by atoms with Gasteiger partial charge in [0.25, 0.3) is 21.6 Å². The van der Waals surface area contributed by atoms with Crippen LogP contribution >= 0.6 is 0 Å². The molecule has 0 bridgehead atoms. The van der Waals surface area contributed by atoms with Crippen molar-refractivity contribution in [3.8, 4) is 11.5 Å². The zero-order chi connectivity index (χ0) is 21.9. The summed E-state index contributed by atoms with van der Waals surface area (Å²) in [6, 6.07) is 9.34. The molecular formula is C20H20N2O7S. The molecule has 1 unspecified atom stereocenters. The predicted molar refractivity (Wildman–Crippen MR) is 108 cm³/mol. The number of nitro groups is 1. The Morgan fingerprint density at radius 3 is 2.37 bits per heavy atom. The standard InChI is InChI=1S/C20H20N2O7S/c1-28-16-11-14(12-17(13-16)29-2)10-15-6-5-9-20(23)21(15)30(26,27)19-8-4-3-7-18(19)22(24)25/h3-5,7-9,11-13,15H,6,10H2,1-2H3. The largest absolute Gasteiger partial charge is 0.497 e. The fraction of sp³-hybridized carbons (Fsp3) is 0.250. The minimum atomic E-state index is -4.46. The third kappa shape index (κ3) is 4.13. The summed E-state index contributed by atoms with van der Waals surface area (Å²) in [5.74, 6) is 0.296. The van der Waals surface area contributed by atoms with Crippen LogP contribution in [0.4, 0.5) is 5.69 Å². The lowest BCUT2D eigenvalue weighted by atomic mass is 10.0. The van der Waals surface area contributed by atoms with Crippen molar-refractivity contribution < 1.29 is 27.6 Å². The summed E-state index contributed by atoms with van der Waals surface area (Å²) in [4.78, 5) is 22.6. The van der Waals surface area contributed by atoms with Crippen LogP contribution in [0.25, 0.3) is 0 Å². The number of nitro benzene ring substituents is 1. The molecule has 30 heavy (non-hydrogen) atoms. The SMILES string of the molecule is COc1cc(CC2CC=CC(=O)N2S(=O)(=O)c2ccccc2[N+](=O)[O-])cc(OC)c1. The van der Waals surface area contributed by atoms with E-state index in [1.807, 2.05) is 0 Å². The Kier molecular flexibility index (Phi) is 6.06. The average molecular weight is 432 g/mol. The second kappa shape index (κ2) is 8.54. The van der Waals surface area contributed by atoms with Gasteiger partial charge in [-0.1, -0.05) is 18.2 Å². The van der Waals surface area contributed by atoms with E-state index in [1.165, 1.54) is 26.4 Å². The number of hydrogen-bond acceptors (Lipinski definition) is 7. The summed E-state index contributed by atoms with van der Waals surface area (Å²) >= 11 is 0. The number of carbonyl (C=O) groups excluding carboxylic acids is 1. The second-order valence-electron chi connectivity index (χ2n) is 6.58. The Balaban J connectivity index is 2.04. The molecule has 0 N–H and O–H groups in total. The number of methoxy groups -OCH3 is 2. The van der Waals surface area contributed by atoms with E-state index in [2.05, 4.69) is 0 Å². The molecule has 158 valence electrons. The van der Waals surface area contributed by atoms with E-state index in [4.69, 9.17) is 9.47 Å². The van der Waals surface area contributed by atoms with Crippen LogP contribution < -0.4 is 9.47 Å². The number of sulfonamides is 1. The quantitative estimate of drug-likeness (QED) is 0.488. The Hall–Kier alpha value is -3.40. The van der Waals surface area contributed by atoms with Gasteiger partial charge in [0, 0.05) is 18.2 Å². The fourth-order valence-electron chi connectivity index (χ4n) is 3.34. The highest BCUT2D eigenvalue weighted by molar-refractivity contribution is 7.89. The van der Waals surface area contributed by atoms with E-state index in [0.717, 1.165) is 22.5 Å². The van der Waals surface area contributed by atoms with Crippen LogP contribution in [0.2, 0.25) is 0 Å². The topological polar surface area (TPSA) is 116 Å². The monoisotopic (exact) mass is 432 g/mol. The van der Waals surface area contributed by atoms with Gasteiger partial charge in [-0.25, -0.2) is 12.7 Å². The summed E-state index contributed by atoms with van der Waals surface area (Å²) < 4.78 is 37.8. The van der Waals surface area contributed by atoms with Crippen molar-refractivity contribution in [3.63, 3.8) is 0 Å². The fourth-order valence-corrected chi connectivity index (χ4v) is 5.06. The van der Waals surface area contributed by atoms with Crippen LogP contribution in [-0.2, 0) is 21.2 Å². The molecule has 1 aliphatic heterocycles. The molecule has 0 fully saturated rings. The van der Waals surface area contributed by atoms with Gasteiger partial charge in [-0.2, -0.15) is 0 Å². The Morgan fingerprint density at radius 2 is 1.77 bits per heavy atom. The number of hydrogen-bond donors (Lipinski definition) is 0. The summed E-state index contributed by atoms with van der Waals surface area (Å²) in [7, 11) is -1.47. The van der Waals surface area contributed by atoms with Crippen molar-refractivity contribution in [2.45, 2.75) is 23.8 Å². The van der Waals surface area contributed by atoms with Crippen LogP contribution in [0.3, 0.4) is 0 Å². The third-order valence-corrected chi connectivity index (χ3v) is 6.60. The number of amides is 1. The summed E-state index contributed by atoms with van der Waals surface area (Å²) in [5, 5.41) is 11.3. The summed E-state index contributed by atoms with van der Waals surface area (Å²) in [5.41, 5.74) is 0.115. The number of benzene rings is 2. The van der Waals surface area contributed by atoms with Gasteiger partial charge in [-0.3, -0.25) is 14.9 Å². The first kappa shape index (κ1) is 21.3. The molecule has 0 aliphatic carbocycles. The Labute approximate surface area is 173 Å². The van der Waals surface area contributed by atoms with Crippen molar-refractivity contribution in [2.24, 2.45) is 0 Å². The van der Waals surface area contributed by atoms with E-state index >= 15 is 0 Å². The summed E-state index contributed by atoms with van der Waals surface area (Å²) in [6.07, 6.45) is 3.21. The molecule has 2 aromatic carbocycles. The highest BCUT2D eigenvalue weighted by Gasteiger charge is 2.39. The Morgan fingerprint density at radius 1 is 1.13 bits per heavy atom. The lowest BCUT2D eigenvalue weighted by Crippen LogP contribution is -2.46. The molecule has 0 radical (unpaired) electrons. The van der Waals surface area contributed by atoms with Crippen molar-refractivity contribution in [1.29, 1.82) is 0 Å².